The number of nitrogen functional groups attached to an aromatic ring is 1. The number of nitrogens with two attached hydrogens (primary N) is 1. The monoisotopic (exact) mass is 243 g/mol. The van der Waals surface area contributed by atoms with Gasteiger partial charge in [-0.05, 0) is 31.7 Å². The minimum absolute atomic E-state index is 0.0247. The highest BCUT2D eigenvalue weighted by molar-refractivity contribution is 7.89. The quantitative estimate of drug-likeness (QED) is 0.659. The molecule has 16 heavy (non-hydrogen) atoms. The molecule has 0 aliphatic carbocycles. The first-order valence-electron chi connectivity index (χ1n) is 4.96. The summed E-state index contributed by atoms with van der Waals surface area (Å²) in [4.78, 5) is 0. The third-order valence-electron chi connectivity index (χ3n) is 2.21. The second-order valence-electron chi connectivity index (χ2n) is 3.54. The Kier molecular flexibility index (Phi) is 4.14. The fourth-order valence-corrected chi connectivity index (χ4v) is 1.82. The van der Waals surface area contributed by atoms with Gasteiger partial charge in [0.25, 0.3) is 0 Å². The zero-order valence-electron chi connectivity index (χ0n) is 9.45. The van der Waals surface area contributed by atoms with Gasteiger partial charge in [-0.1, -0.05) is 6.07 Å². The van der Waals surface area contributed by atoms with Crippen molar-refractivity contribution in [2.75, 3.05) is 30.4 Å². The molecule has 6 heteroatoms. The second kappa shape index (κ2) is 5.18. The lowest BCUT2D eigenvalue weighted by Gasteiger charge is -2.10. The molecular weight excluding hydrogens is 226 g/mol. The minimum atomic E-state index is -3.17. The SMILES string of the molecule is CNS(=O)(=O)CCNc1cc(C)ccc1N. The standard InChI is InChI=1S/C10H17N3O2S/c1-8-3-4-9(11)10(7-8)13-5-6-16(14,15)12-2/h3-4,7,12-13H,5-6,11H2,1-2H3. The number of hydrogen-bond acceptors (Lipinski definition) is 4. The zero-order valence-corrected chi connectivity index (χ0v) is 10.3. The van der Waals surface area contributed by atoms with Crippen LogP contribution in [0.1, 0.15) is 5.56 Å². The van der Waals surface area contributed by atoms with E-state index in [9.17, 15) is 8.42 Å². The molecule has 4 N–H and O–H groups in total. The Balaban J connectivity index is 2.59. The molecule has 0 aromatic heterocycles. The Morgan fingerprint density at radius 2 is 2.06 bits per heavy atom. The van der Waals surface area contributed by atoms with E-state index in [4.69, 9.17) is 5.73 Å². The highest BCUT2D eigenvalue weighted by Gasteiger charge is 2.06. The van der Waals surface area contributed by atoms with Crippen LogP contribution in [-0.4, -0.2) is 27.8 Å². The highest BCUT2D eigenvalue weighted by atomic mass is 32.2. The number of hydrogen-bond donors (Lipinski definition) is 3. The van der Waals surface area contributed by atoms with Crippen molar-refractivity contribution in [3.05, 3.63) is 23.8 Å². The van der Waals surface area contributed by atoms with E-state index in [0.29, 0.717) is 12.2 Å². The summed E-state index contributed by atoms with van der Waals surface area (Å²) in [7, 11) is -1.77. The molecule has 1 aromatic rings. The largest absolute Gasteiger partial charge is 0.397 e. The van der Waals surface area contributed by atoms with Crippen molar-refractivity contribution >= 4 is 21.4 Å². The number of sulfonamides is 1. The number of aryl methyl sites for hydroxylation is 1. The summed E-state index contributed by atoms with van der Waals surface area (Å²) < 4.78 is 24.6. The topological polar surface area (TPSA) is 84.2 Å². The van der Waals surface area contributed by atoms with E-state index in [0.717, 1.165) is 11.3 Å². The van der Waals surface area contributed by atoms with Gasteiger partial charge in [0.2, 0.25) is 10.0 Å². The number of anilines is 2. The molecule has 0 spiro atoms. The van der Waals surface area contributed by atoms with Crippen LogP contribution in [-0.2, 0) is 10.0 Å². The Bertz CT molecular complexity index is 457. The van der Waals surface area contributed by atoms with Crippen molar-refractivity contribution in [3.8, 4) is 0 Å². The minimum Gasteiger partial charge on any atom is -0.397 e. The molecule has 5 nitrogen and oxygen atoms in total. The first-order valence-corrected chi connectivity index (χ1v) is 6.61. The Morgan fingerprint density at radius 3 is 2.69 bits per heavy atom. The van der Waals surface area contributed by atoms with E-state index < -0.39 is 10.0 Å². The van der Waals surface area contributed by atoms with Gasteiger partial charge in [0.1, 0.15) is 0 Å². The summed E-state index contributed by atoms with van der Waals surface area (Å²) in [5, 5.41) is 3.00. The lowest BCUT2D eigenvalue weighted by Crippen LogP contribution is -2.26. The maximum atomic E-state index is 11.2. The fraction of sp³-hybridized carbons (Fsp3) is 0.400. The van der Waals surface area contributed by atoms with Crippen molar-refractivity contribution in [3.63, 3.8) is 0 Å². The first-order chi connectivity index (χ1) is 7.44. The van der Waals surface area contributed by atoms with E-state index in [2.05, 4.69) is 10.0 Å². The third kappa shape index (κ3) is 3.71. The molecule has 0 saturated heterocycles. The van der Waals surface area contributed by atoms with Crippen LogP contribution in [0.2, 0.25) is 0 Å². The average molecular weight is 243 g/mol. The molecule has 1 rings (SSSR count). The van der Waals surface area contributed by atoms with Gasteiger partial charge in [-0.15, -0.1) is 0 Å². The summed E-state index contributed by atoms with van der Waals surface area (Å²) in [6.07, 6.45) is 0. The van der Waals surface area contributed by atoms with Crippen LogP contribution in [0.15, 0.2) is 18.2 Å². The molecule has 0 amide bonds. The molecule has 0 radical (unpaired) electrons. The highest BCUT2D eigenvalue weighted by Crippen LogP contribution is 2.18. The van der Waals surface area contributed by atoms with Crippen molar-refractivity contribution in [1.29, 1.82) is 0 Å². The van der Waals surface area contributed by atoms with E-state index in [1.54, 1.807) is 6.07 Å². The molecule has 0 unspecified atom stereocenters. The predicted octanol–water partition coefficient (Wildman–Crippen LogP) is 0.538. The van der Waals surface area contributed by atoms with Gasteiger partial charge in [-0.3, -0.25) is 0 Å². The number of nitrogens with one attached hydrogen (secondary N) is 2. The lowest BCUT2D eigenvalue weighted by atomic mass is 10.2. The molecule has 0 bridgehead atoms. The second-order valence-corrected chi connectivity index (χ2v) is 5.59. The van der Waals surface area contributed by atoms with Crippen LogP contribution in [0, 0.1) is 6.92 Å². The van der Waals surface area contributed by atoms with Gasteiger partial charge in [0.15, 0.2) is 0 Å². The van der Waals surface area contributed by atoms with E-state index in [1.165, 1.54) is 7.05 Å². The van der Waals surface area contributed by atoms with Crippen molar-refractivity contribution < 1.29 is 8.42 Å². The van der Waals surface area contributed by atoms with E-state index in [-0.39, 0.29) is 5.75 Å². The van der Waals surface area contributed by atoms with Crippen LogP contribution in [0.25, 0.3) is 0 Å². The summed E-state index contributed by atoms with van der Waals surface area (Å²) in [5.41, 5.74) is 8.21. The maximum absolute atomic E-state index is 11.2. The molecule has 1 aromatic carbocycles. The summed E-state index contributed by atoms with van der Waals surface area (Å²) in [6.45, 7) is 2.28. The van der Waals surface area contributed by atoms with Gasteiger partial charge in [-0.25, -0.2) is 13.1 Å². The van der Waals surface area contributed by atoms with Gasteiger partial charge in [0, 0.05) is 6.54 Å². The van der Waals surface area contributed by atoms with Crippen LogP contribution >= 0.6 is 0 Å². The maximum Gasteiger partial charge on any atom is 0.213 e. The van der Waals surface area contributed by atoms with Gasteiger partial charge < -0.3 is 11.1 Å². The molecule has 0 saturated carbocycles. The van der Waals surface area contributed by atoms with Crippen LogP contribution in [0.5, 0.6) is 0 Å². The Hall–Kier alpha value is -1.27. The predicted molar refractivity (Wildman–Crippen MR) is 66.9 cm³/mol. The van der Waals surface area contributed by atoms with Gasteiger partial charge in [-0.2, -0.15) is 0 Å². The molecule has 0 aliphatic heterocycles. The molecule has 0 aliphatic rings. The van der Waals surface area contributed by atoms with Crippen LogP contribution in [0.4, 0.5) is 11.4 Å². The average Bonchev–Trinajstić information content (AvgIpc) is 2.23. The number of benzene rings is 1. The molecule has 90 valence electrons. The van der Waals surface area contributed by atoms with Gasteiger partial charge >= 0.3 is 0 Å². The number of rotatable bonds is 5. The first kappa shape index (κ1) is 12.8. The summed E-state index contributed by atoms with van der Waals surface area (Å²) in [5.74, 6) is 0.0247. The normalized spacial score (nSPS) is 11.4. The third-order valence-corrected chi connectivity index (χ3v) is 3.57. The zero-order chi connectivity index (χ0) is 12.2. The molecule has 0 heterocycles. The van der Waals surface area contributed by atoms with Crippen molar-refractivity contribution in [2.24, 2.45) is 0 Å². The molecule has 0 fully saturated rings. The Morgan fingerprint density at radius 1 is 1.38 bits per heavy atom. The molecule has 0 atom stereocenters. The lowest BCUT2D eigenvalue weighted by molar-refractivity contribution is 0.588. The van der Waals surface area contributed by atoms with Gasteiger partial charge in [0.05, 0.1) is 17.1 Å². The van der Waals surface area contributed by atoms with Crippen LogP contribution < -0.4 is 15.8 Å². The fourth-order valence-electron chi connectivity index (χ4n) is 1.25. The van der Waals surface area contributed by atoms with Crippen molar-refractivity contribution in [2.45, 2.75) is 6.92 Å². The van der Waals surface area contributed by atoms with E-state index in [1.807, 2.05) is 19.1 Å². The van der Waals surface area contributed by atoms with E-state index >= 15 is 0 Å². The van der Waals surface area contributed by atoms with Crippen LogP contribution in [0.3, 0.4) is 0 Å². The van der Waals surface area contributed by atoms with Crippen molar-refractivity contribution in [1.82, 2.24) is 4.72 Å². The summed E-state index contributed by atoms with van der Waals surface area (Å²) in [6, 6.07) is 5.59. The Labute approximate surface area is 96.1 Å². The molecular formula is C10H17N3O2S. The smallest absolute Gasteiger partial charge is 0.213 e. The summed E-state index contributed by atoms with van der Waals surface area (Å²) >= 11 is 0.